The Morgan fingerprint density at radius 2 is 1.88 bits per heavy atom. The summed E-state index contributed by atoms with van der Waals surface area (Å²) in [6, 6.07) is 9.42. The van der Waals surface area contributed by atoms with Crippen molar-refractivity contribution in [2.45, 2.75) is 12.8 Å². The summed E-state index contributed by atoms with van der Waals surface area (Å²) in [5.74, 6) is -4.01. The van der Waals surface area contributed by atoms with Gasteiger partial charge in [0.2, 0.25) is 5.91 Å². The van der Waals surface area contributed by atoms with Crippen molar-refractivity contribution in [1.82, 2.24) is 5.32 Å². The maximum absolute atomic E-state index is 13.5. The summed E-state index contributed by atoms with van der Waals surface area (Å²) in [5.41, 5.74) is 0.723. The van der Waals surface area contributed by atoms with Crippen molar-refractivity contribution in [3.63, 3.8) is 0 Å². The number of methoxy groups -OCH3 is 1. The zero-order valence-electron chi connectivity index (χ0n) is 13.7. The van der Waals surface area contributed by atoms with Gasteiger partial charge in [-0.25, -0.2) is 13.2 Å². The lowest BCUT2D eigenvalue weighted by atomic mass is 10.1. The summed E-state index contributed by atoms with van der Waals surface area (Å²) in [6.07, 6.45) is 0.840. The molecule has 0 aliphatic heterocycles. The first kappa shape index (κ1) is 18.8. The Morgan fingerprint density at radius 1 is 1.08 bits per heavy atom. The molecule has 2 rings (SSSR count). The summed E-state index contributed by atoms with van der Waals surface area (Å²) >= 11 is 0. The van der Waals surface area contributed by atoms with Gasteiger partial charge in [0.25, 0.3) is 0 Å². The molecule has 0 spiro atoms. The monoisotopic (exact) mass is 352 g/mol. The van der Waals surface area contributed by atoms with E-state index in [1.807, 2.05) is 24.3 Å². The Labute approximate surface area is 144 Å². The second kappa shape index (κ2) is 9.08. The van der Waals surface area contributed by atoms with E-state index in [1.54, 1.807) is 7.11 Å². The predicted octanol–water partition coefficient (Wildman–Crippen LogP) is 3.27. The number of nitrogens with one attached hydrogen (secondary N) is 2. The zero-order valence-corrected chi connectivity index (χ0v) is 13.7. The Hall–Kier alpha value is -2.54. The minimum Gasteiger partial charge on any atom is -0.497 e. The molecule has 1 amide bonds. The third kappa shape index (κ3) is 5.49. The molecule has 0 aliphatic rings. The largest absolute Gasteiger partial charge is 0.497 e. The Balaban J connectivity index is 1.71. The Bertz CT molecular complexity index is 738. The van der Waals surface area contributed by atoms with Crippen LogP contribution in [0.3, 0.4) is 0 Å². The van der Waals surface area contributed by atoms with E-state index in [9.17, 15) is 18.0 Å². The first-order valence-electron chi connectivity index (χ1n) is 7.78. The van der Waals surface area contributed by atoms with Gasteiger partial charge >= 0.3 is 0 Å². The number of carbonyl (C=O) groups is 1. The van der Waals surface area contributed by atoms with E-state index >= 15 is 0 Å². The van der Waals surface area contributed by atoms with Gasteiger partial charge in [0.15, 0.2) is 17.5 Å². The van der Waals surface area contributed by atoms with Crippen LogP contribution in [0.25, 0.3) is 0 Å². The highest BCUT2D eigenvalue weighted by atomic mass is 19.2. The van der Waals surface area contributed by atoms with Crippen LogP contribution >= 0.6 is 0 Å². The third-order valence-corrected chi connectivity index (χ3v) is 3.56. The summed E-state index contributed by atoms with van der Waals surface area (Å²) < 4.78 is 44.5. The van der Waals surface area contributed by atoms with Crippen LogP contribution in [-0.4, -0.2) is 26.1 Å². The van der Waals surface area contributed by atoms with Crippen LogP contribution in [0.5, 0.6) is 5.75 Å². The van der Waals surface area contributed by atoms with Crippen molar-refractivity contribution >= 4 is 11.6 Å². The van der Waals surface area contributed by atoms with Crippen molar-refractivity contribution in [3.8, 4) is 5.75 Å². The highest BCUT2D eigenvalue weighted by Gasteiger charge is 2.14. The molecule has 4 nitrogen and oxygen atoms in total. The smallest absolute Gasteiger partial charge is 0.225 e. The van der Waals surface area contributed by atoms with Crippen molar-refractivity contribution in [2.24, 2.45) is 0 Å². The normalized spacial score (nSPS) is 10.6. The maximum Gasteiger partial charge on any atom is 0.225 e. The van der Waals surface area contributed by atoms with Crippen LogP contribution in [0, 0.1) is 17.5 Å². The number of amides is 1. The van der Waals surface area contributed by atoms with Crippen LogP contribution in [0.2, 0.25) is 0 Å². The van der Waals surface area contributed by atoms with Crippen molar-refractivity contribution in [1.29, 1.82) is 0 Å². The van der Waals surface area contributed by atoms with Gasteiger partial charge in [-0.05, 0) is 42.8 Å². The number of rotatable bonds is 8. The first-order valence-corrected chi connectivity index (χ1v) is 7.78. The van der Waals surface area contributed by atoms with Gasteiger partial charge in [-0.3, -0.25) is 4.79 Å². The average molecular weight is 352 g/mol. The second-order valence-corrected chi connectivity index (χ2v) is 5.37. The van der Waals surface area contributed by atoms with E-state index in [2.05, 4.69) is 10.6 Å². The second-order valence-electron chi connectivity index (χ2n) is 5.37. The maximum atomic E-state index is 13.5. The summed E-state index contributed by atoms with van der Waals surface area (Å²) in [7, 11) is 1.60. The van der Waals surface area contributed by atoms with Crippen LogP contribution in [-0.2, 0) is 11.2 Å². The molecule has 0 unspecified atom stereocenters. The standard InChI is InChI=1S/C18H19F3N2O2/c1-25-13-4-2-3-12(11-13)7-9-22-10-8-16(24)23-15-6-5-14(19)17(20)18(15)21/h2-6,11,22H,7-10H2,1H3,(H,23,24). The van der Waals surface area contributed by atoms with E-state index in [-0.39, 0.29) is 12.1 Å². The van der Waals surface area contributed by atoms with Gasteiger partial charge < -0.3 is 15.4 Å². The Morgan fingerprint density at radius 3 is 2.64 bits per heavy atom. The van der Waals surface area contributed by atoms with Crippen LogP contribution < -0.4 is 15.4 Å². The molecule has 0 atom stereocenters. The molecule has 0 bridgehead atoms. The Kier molecular flexibility index (Phi) is 6.82. The molecule has 0 radical (unpaired) electrons. The fourth-order valence-electron chi connectivity index (χ4n) is 2.22. The number of hydrogen-bond acceptors (Lipinski definition) is 3. The lowest BCUT2D eigenvalue weighted by Gasteiger charge is -2.08. The van der Waals surface area contributed by atoms with E-state index in [1.165, 1.54) is 0 Å². The number of halogens is 3. The van der Waals surface area contributed by atoms with E-state index in [4.69, 9.17) is 4.74 Å². The zero-order chi connectivity index (χ0) is 18.2. The van der Waals surface area contributed by atoms with Gasteiger partial charge in [0.1, 0.15) is 5.75 Å². The number of hydrogen-bond donors (Lipinski definition) is 2. The lowest BCUT2D eigenvalue weighted by Crippen LogP contribution is -2.24. The fraction of sp³-hybridized carbons (Fsp3) is 0.278. The summed E-state index contributed by atoms with van der Waals surface area (Å²) in [6.45, 7) is 1.03. The van der Waals surface area contributed by atoms with Gasteiger partial charge in [-0.2, -0.15) is 0 Å². The van der Waals surface area contributed by atoms with E-state index in [0.29, 0.717) is 13.1 Å². The fourth-order valence-corrected chi connectivity index (χ4v) is 2.22. The molecule has 2 N–H and O–H groups in total. The molecule has 7 heteroatoms. The number of carbonyl (C=O) groups excluding carboxylic acids is 1. The van der Waals surface area contributed by atoms with Crippen molar-refractivity contribution in [2.75, 3.05) is 25.5 Å². The van der Waals surface area contributed by atoms with Gasteiger partial charge in [0.05, 0.1) is 12.8 Å². The highest BCUT2D eigenvalue weighted by molar-refractivity contribution is 5.90. The molecule has 25 heavy (non-hydrogen) atoms. The van der Waals surface area contributed by atoms with E-state index in [0.717, 1.165) is 29.9 Å². The molecule has 0 fully saturated rings. The molecule has 2 aromatic rings. The molecular formula is C18H19F3N2O2. The minimum absolute atomic E-state index is 0.0799. The van der Waals surface area contributed by atoms with Crippen molar-refractivity contribution < 1.29 is 22.7 Å². The predicted molar refractivity (Wildman–Crippen MR) is 89.1 cm³/mol. The lowest BCUT2D eigenvalue weighted by molar-refractivity contribution is -0.116. The van der Waals surface area contributed by atoms with Gasteiger partial charge in [-0.1, -0.05) is 12.1 Å². The minimum atomic E-state index is -1.60. The van der Waals surface area contributed by atoms with E-state index < -0.39 is 23.4 Å². The molecular weight excluding hydrogens is 333 g/mol. The number of benzene rings is 2. The van der Waals surface area contributed by atoms with Crippen LogP contribution in [0.15, 0.2) is 36.4 Å². The molecule has 0 saturated heterocycles. The van der Waals surface area contributed by atoms with Gasteiger partial charge in [0, 0.05) is 13.0 Å². The molecule has 0 aromatic heterocycles. The molecule has 0 saturated carbocycles. The summed E-state index contributed by atoms with van der Waals surface area (Å²) in [5, 5.41) is 5.32. The topological polar surface area (TPSA) is 50.4 Å². The number of anilines is 1. The molecule has 0 heterocycles. The quantitative estimate of drug-likeness (QED) is 0.566. The van der Waals surface area contributed by atoms with Gasteiger partial charge in [-0.15, -0.1) is 0 Å². The molecule has 2 aromatic carbocycles. The summed E-state index contributed by atoms with van der Waals surface area (Å²) in [4.78, 5) is 11.7. The average Bonchev–Trinajstić information content (AvgIpc) is 2.62. The van der Waals surface area contributed by atoms with Crippen molar-refractivity contribution in [3.05, 3.63) is 59.4 Å². The molecule has 134 valence electrons. The van der Waals surface area contributed by atoms with Crippen LogP contribution in [0.1, 0.15) is 12.0 Å². The molecule has 0 aliphatic carbocycles. The highest BCUT2D eigenvalue weighted by Crippen LogP contribution is 2.19. The third-order valence-electron chi connectivity index (χ3n) is 3.56. The SMILES string of the molecule is COc1cccc(CCNCCC(=O)Nc2ccc(F)c(F)c2F)c1. The first-order chi connectivity index (χ1) is 12.0. The number of ether oxygens (including phenoxy) is 1. The van der Waals surface area contributed by atoms with Crippen LogP contribution in [0.4, 0.5) is 18.9 Å².